The second kappa shape index (κ2) is 10.3. The van der Waals surface area contributed by atoms with Crippen LogP contribution in [0.2, 0.25) is 15.1 Å². The average molecular weight is 589 g/mol. The summed E-state index contributed by atoms with van der Waals surface area (Å²) >= 11 is 24.2. The minimum atomic E-state index is -4.63. The summed E-state index contributed by atoms with van der Waals surface area (Å²) in [4.78, 5) is 39.2. The normalized spacial score (nSPS) is 13.9. The molecule has 1 aliphatic heterocycles. The number of alkyl halides is 3. The number of imide groups is 1. The van der Waals surface area contributed by atoms with E-state index in [0.717, 1.165) is 17.0 Å². The Hall–Kier alpha value is -3.24. The first kappa shape index (κ1) is 26.8. The molecule has 0 radical (unpaired) electrons. The van der Waals surface area contributed by atoms with Crippen LogP contribution < -0.4 is 15.5 Å². The molecular weight excluding hydrogens is 577 g/mol. The van der Waals surface area contributed by atoms with E-state index in [-0.39, 0.29) is 43.4 Å². The quantitative estimate of drug-likeness (QED) is 0.305. The molecular formula is C24H12Cl4F3N3O3. The van der Waals surface area contributed by atoms with Crippen molar-refractivity contribution in [2.45, 2.75) is 6.18 Å². The molecule has 0 spiro atoms. The van der Waals surface area contributed by atoms with E-state index in [2.05, 4.69) is 10.6 Å². The van der Waals surface area contributed by atoms with Crippen LogP contribution in [0.5, 0.6) is 0 Å². The maximum Gasteiger partial charge on any atom is 0.416 e. The third-order valence-electron chi connectivity index (χ3n) is 5.14. The number of nitrogens with one attached hydrogen (secondary N) is 2. The van der Waals surface area contributed by atoms with Gasteiger partial charge in [0.1, 0.15) is 10.7 Å². The molecule has 0 aromatic heterocycles. The Balaban J connectivity index is 1.57. The van der Waals surface area contributed by atoms with Crippen LogP contribution in [-0.2, 0) is 15.8 Å². The number of rotatable bonds is 5. The van der Waals surface area contributed by atoms with E-state index < -0.39 is 34.5 Å². The van der Waals surface area contributed by atoms with Gasteiger partial charge in [0, 0.05) is 11.3 Å². The zero-order valence-electron chi connectivity index (χ0n) is 18.1. The van der Waals surface area contributed by atoms with Gasteiger partial charge in [-0.3, -0.25) is 14.4 Å². The third kappa shape index (κ3) is 5.40. The van der Waals surface area contributed by atoms with Crippen molar-refractivity contribution in [3.05, 3.63) is 97.6 Å². The molecule has 190 valence electrons. The SMILES string of the molecule is O=C(Nc1cc(C(F)(F)F)ccc1Cl)c1cccc(NC2=C(Cl)C(=O)N(c3cccc(Cl)c3Cl)C2=O)c1. The second-order valence-corrected chi connectivity index (χ2v) is 9.13. The van der Waals surface area contributed by atoms with E-state index in [1.54, 1.807) is 0 Å². The summed E-state index contributed by atoms with van der Waals surface area (Å²) in [6.45, 7) is 0. The van der Waals surface area contributed by atoms with Crippen molar-refractivity contribution in [2.75, 3.05) is 15.5 Å². The number of amides is 3. The highest BCUT2D eigenvalue weighted by Crippen LogP contribution is 2.38. The molecule has 0 saturated heterocycles. The molecule has 3 aromatic rings. The standard InChI is InChI=1S/C24H12Cl4F3N3O3/c25-14-8-7-12(24(29,30)31)10-16(14)33-21(35)11-3-1-4-13(9-11)32-20-19(28)22(36)34(23(20)37)17-6-2-5-15(26)18(17)27/h1-10,32H,(H,33,35). The number of hydrogen-bond donors (Lipinski definition) is 2. The highest BCUT2D eigenvalue weighted by molar-refractivity contribution is 6.54. The Labute approximate surface area is 227 Å². The first-order chi connectivity index (χ1) is 17.4. The molecule has 0 fully saturated rings. The van der Waals surface area contributed by atoms with Gasteiger partial charge in [0.2, 0.25) is 0 Å². The lowest BCUT2D eigenvalue weighted by Crippen LogP contribution is -2.32. The summed E-state index contributed by atoms with van der Waals surface area (Å²) < 4.78 is 39.1. The van der Waals surface area contributed by atoms with Gasteiger partial charge in [-0.05, 0) is 48.5 Å². The Bertz CT molecular complexity index is 1490. The van der Waals surface area contributed by atoms with Gasteiger partial charge in [-0.25, -0.2) is 4.90 Å². The summed E-state index contributed by atoms with van der Waals surface area (Å²) in [6.07, 6.45) is -4.63. The Morgan fingerprint density at radius 3 is 2.24 bits per heavy atom. The summed E-state index contributed by atoms with van der Waals surface area (Å²) in [5.41, 5.74) is -1.27. The summed E-state index contributed by atoms with van der Waals surface area (Å²) in [6, 6.07) is 12.6. The fourth-order valence-corrected chi connectivity index (χ4v) is 4.13. The lowest BCUT2D eigenvalue weighted by Gasteiger charge is -2.17. The van der Waals surface area contributed by atoms with Crippen molar-refractivity contribution < 1.29 is 27.6 Å². The van der Waals surface area contributed by atoms with Gasteiger partial charge < -0.3 is 10.6 Å². The molecule has 1 aliphatic rings. The number of anilines is 3. The maximum atomic E-state index is 13.0. The van der Waals surface area contributed by atoms with E-state index in [1.165, 1.54) is 42.5 Å². The van der Waals surface area contributed by atoms with Crippen molar-refractivity contribution >= 4 is 81.2 Å². The van der Waals surface area contributed by atoms with Crippen molar-refractivity contribution in [1.29, 1.82) is 0 Å². The highest BCUT2D eigenvalue weighted by Gasteiger charge is 2.40. The van der Waals surface area contributed by atoms with Crippen molar-refractivity contribution in [3.63, 3.8) is 0 Å². The van der Waals surface area contributed by atoms with Crippen LogP contribution >= 0.6 is 46.4 Å². The number of nitrogens with zero attached hydrogens (tertiary/aromatic N) is 1. The minimum Gasteiger partial charge on any atom is -0.350 e. The third-order valence-corrected chi connectivity index (χ3v) is 6.62. The zero-order valence-corrected chi connectivity index (χ0v) is 21.1. The van der Waals surface area contributed by atoms with Crippen molar-refractivity contribution in [1.82, 2.24) is 0 Å². The number of hydrogen-bond acceptors (Lipinski definition) is 4. The topological polar surface area (TPSA) is 78.5 Å². The fraction of sp³-hybridized carbons (Fsp3) is 0.0417. The molecule has 0 aliphatic carbocycles. The van der Waals surface area contributed by atoms with Gasteiger partial charge in [0.25, 0.3) is 17.7 Å². The Morgan fingerprint density at radius 2 is 1.54 bits per heavy atom. The largest absolute Gasteiger partial charge is 0.416 e. The number of benzene rings is 3. The molecule has 0 bridgehead atoms. The van der Waals surface area contributed by atoms with E-state index in [9.17, 15) is 27.6 Å². The molecule has 1 heterocycles. The Morgan fingerprint density at radius 1 is 0.838 bits per heavy atom. The molecule has 3 amide bonds. The van der Waals surface area contributed by atoms with Crippen LogP contribution in [0.1, 0.15) is 15.9 Å². The maximum absolute atomic E-state index is 13.0. The number of halogens is 7. The van der Waals surface area contributed by atoms with Crippen molar-refractivity contribution in [3.8, 4) is 0 Å². The van der Waals surface area contributed by atoms with Gasteiger partial charge in [-0.2, -0.15) is 13.2 Å². The number of carbonyl (C=O) groups excluding carboxylic acids is 3. The molecule has 3 aromatic carbocycles. The van der Waals surface area contributed by atoms with Crippen LogP contribution in [0.4, 0.5) is 30.2 Å². The second-order valence-electron chi connectivity index (χ2n) is 7.56. The average Bonchev–Trinajstić information content (AvgIpc) is 3.05. The summed E-state index contributed by atoms with van der Waals surface area (Å²) in [5.74, 6) is -2.43. The van der Waals surface area contributed by atoms with E-state index in [0.29, 0.717) is 6.07 Å². The molecule has 0 unspecified atom stereocenters. The molecule has 2 N–H and O–H groups in total. The van der Waals surface area contributed by atoms with Crippen LogP contribution in [0.25, 0.3) is 0 Å². The monoisotopic (exact) mass is 587 g/mol. The molecule has 0 saturated carbocycles. The fourth-order valence-electron chi connectivity index (χ4n) is 3.37. The van der Waals surface area contributed by atoms with E-state index in [4.69, 9.17) is 46.4 Å². The smallest absolute Gasteiger partial charge is 0.350 e. The first-order valence-corrected chi connectivity index (χ1v) is 11.7. The van der Waals surface area contributed by atoms with Gasteiger partial charge >= 0.3 is 6.18 Å². The van der Waals surface area contributed by atoms with Gasteiger partial charge in [0.15, 0.2) is 0 Å². The first-order valence-electron chi connectivity index (χ1n) is 10.2. The minimum absolute atomic E-state index is 0.0155. The van der Waals surface area contributed by atoms with Gasteiger partial charge in [0.05, 0.1) is 32.0 Å². The van der Waals surface area contributed by atoms with Crippen LogP contribution in [0.15, 0.2) is 71.4 Å². The molecule has 0 atom stereocenters. The van der Waals surface area contributed by atoms with E-state index in [1.807, 2.05) is 0 Å². The van der Waals surface area contributed by atoms with Crippen LogP contribution in [0.3, 0.4) is 0 Å². The lowest BCUT2D eigenvalue weighted by molar-refractivity contribution is -0.137. The Kier molecular flexibility index (Phi) is 7.43. The molecule has 6 nitrogen and oxygen atoms in total. The predicted molar refractivity (Wildman–Crippen MR) is 136 cm³/mol. The van der Waals surface area contributed by atoms with Crippen LogP contribution in [0, 0.1) is 0 Å². The zero-order chi connectivity index (χ0) is 27.1. The van der Waals surface area contributed by atoms with Gasteiger partial charge in [-0.15, -0.1) is 0 Å². The lowest BCUT2D eigenvalue weighted by atomic mass is 10.1. The van der Waals surface area contributed by atoms with E-state index >= 15 is 0 Å². The van der Waals surface area contributed by atoms with Crippen molar-refractivity contribution in [2.24, 2.45) is 0 Å². The highest BCUT2D eigenvalue weighted by atomic mass is 35.5. The van der Waals surface area contributed by atoms with Gasteiger partial charge in [-0.1, -0.05) is 58.5 Å². The summed E-state index contributed by atoms with van der Waals surface area (Å²) in [7, 11) is 0. The predicted octanol–water partition coefficient (Wildman–Crippen LogP) is 7.35. The molecule has 13 heteroatoms. The van der Waals surface area contributed by atoms with Crippen LogP contribution in [-0.4, -0.2) is 17.7 Å². The molecule has 4 rings (SSSR count). The number of carbonyl (C=O) groups is 3. The summed E-state index contributed by atoms with van der Waals surface area (Å²) in [5, 5.41) is 4.62. The molecule has 37 heavy (non-hydrogen) atoms.